The number of nitrogens with zero attached hydrogens (tertiary/aromatic N) is 2. The van der Waals surface area contributed by atoms with E-state index in [1.54, 1.807) is 43.4 Å². The molecule has 2 aromatic carbocycles. The van der Waals surface area contributed by atoms with Crippen LogP contribution in [0.15, 0.2) is 54.6 Å². The molecule has 1 heterocycles. The summed E-state index contributed by atoms with van der Waals surface area (Å²) >= 11 is 6.19. The maximum Gasteiger partial charge on any atom is 0.337 e. The van der Waals surface area contributed by atoms with Gasteiger partial charge >= 0.3 is 5.97 Å². The number of hydrogen-bond donors (Lipinski definition) is 1. The van der Waals surface area contributed by atoms with Crippen LogP contribution in [0.3, 0.4) is 0 Å². The number of hydrogen-bond acceptors (Lipinski definition) is 4. The number of amides is 1. The molecule has 0 saturated heterocycles. The van der Waals surface area contributed by atoms with Gasteiger partial charge in [0.2, 0.25) is 0 Å². The number of anilines is 1. The minimum Gasteiger partial charge on any atom is -0.465 e. The Bertz CT molecular complexity index is 964. The number of halogens is 1. The number of ether oxygens (including phenoxy) is 1. The summed E-state index contributed by atoms with van der Waals surface area (Å²) in [6.45, 7) is 0. The molecular weight excluding hydrogens is 354 g/mol. The maximum atomic E-state index is 12.5. The van der Waals surface area contributed by atoms with Crippen molar-refractivity contribution in [1.29, 1.82) is 0 Å². The normalized spacial score (nSPS) is 10.4. The fraction of sp³-hybridized carbons (Fsp3) is 0.105. The smallest absolute Gasteiger partial charge is 0.337 e. The monoisotopic (exact) mass is 369 g/mol. The summed E-state index contributed by atoms with van der Waals surface area (Å²) in [5.41, 5.74) is 2.72. The molecule has 0 atom stereocenters. The average molecular weight is 370 g/mol. The second kappa shape index (κ2) is 7.41. The third-order valence-corrected chi connectivity index (χ3v) is 4.16. The van der Waals surface area contributed by atoms with Crippen molar-refractivity contribution in [3.05, 3.63) is 70.9 Å². The Balaban J connectivity index is 1.80. The Hall–Kier alpha value is -3.12. The van der Waals surface area contributed by atoms with Crippen LogP contribution < -0.4 is 5.32 Å². The van der Waals surface area contributed by atoms with Gasteiger partial charge in [0.15, 0.2) is 0 Å². The van der Waals surface area contributed by atoms with Gasteiger partial charge in [0.05, 0.1) is 23.4 Å². The Morgan fingerprint density at radius 1 is 1.12 bits per heavy atom. The Labute approximate surface area is 155 Å². The van der Waals surface area contributed by atoms with Gasteiger partial charge in [-0.05, 0) is 36.4 Å². The summed E-state index contributed by atoms with van der Waals surface area (Å²) < 4.78 is 6.14. The highest BCUT2D eigenvalue weighted by Crippen LogP contribution is 2.27. The third kappa shape index (κ3) is 3.60. The maximum absolute atomic E-state index is 12.5. The third-order valence-electron chi connectivity index (χ3n) is 3.83. The fourth-order valence-corrected chi connectivity index (χ4v) is 2.72. The van der Waals surface area contributed by atoms with Crippen LogP contribution >= 0.6 is 11.6 Å². The van der Waals surface area contributed by atoms with E-state index < -0.39 is 5.97 Å². The summed E-state index contributed by atoms with van der Waals surface area (Å²) in [5, 5.41) is 7.71. The highest BCUT2D eigenvalue weighted by molar-refractivity contribution is 6.33. The van der Waals surface area contributed by atoms with Gasteiger partial charge in [0.1, 0.15) is 5.69 Å². The Morgan fingerprint density at radius 2 is 1.81 bits per heavy atom. The quantitative estimate of drug-likeness (QED) is 0.710. The molecule has 26 heavy (non-hydrogen) atoms. The molecule has 0 radical (unpaired) electrons. The summed E-state index contributed by atoms with van der Waals surface area (Å²) in [6, 6.07) is 15.4. The molecule has 1 N–H and O–H groups in total. The van der Waals surface area contributed by atoms with Crippen LogP contribution in [0.4, 0.5) is 5.69 Å². The summed E-state index contributed by atoms with van der Waals surface area (Å²) in [7, 11) is 3.01. The van der Waals surface area contributed by atoms with Crippen molar-refractivity contribution in [3.8, 4) is 11.3 Å². The zero-order valence-electron chi connectivity index (χ0n) is 14.2. The molecule has 0 bridgehead atoms. The highest BCUT2D eigenvalue weighted by atomic mass is 35.5. The van der Waals surface area contributed by atoms with E-state index in [0.717, 1.165) is 5.56 Å². The number of carbonyl (C=O) groups is 2. The molecular formula is C19H16ClN3O3. The zero-order valence-corrected chi connectivity index (χ0v) is 14.9. The number of aryl methyl sites for hydroxylation is 1. The predicted molar refractivity (Wildman–Crippen MR) is 99.4 cm³/mol. The molecule has 0 aliphatic carbocycles. The molecule has 3 aromatic rings. The van der Waals surface area contributed by atoms with Gasteiger partial charge in [-0.25, -0.2) is 4.79 Å². The molecule has 0 aliphatic rings. The number of esters is 1. The number of carbonyl (C=O) groups excluding carboxylic acids is 2. The largest absolute Gasteiger partial charge is 0.465 e. The zero-order chi connectivity index (χ0) is 18.7. The summed E-state index contributed by atoms with van der Waals surface area (Å²) in [4.78, 5) is 24.0. The van der Waals surface area contributed by atoms with Crippen molar-refractivity contribution < 1.29 is 14.3 Å². The molecule has 0 unspecified atom stereocenters. The number of benzene rings is 2. The van der Waals surface area contributed by atoms with E-state index in [9.17, 15) is 9.59 Å². The Kier molecular flexibility index (Phi) is 5.04. The minimum absolute atomic E-state index is 0.316. The lowest BCUT2D eigenvalue weighted by Crippen LogP contribution is -2.16. The number of methoxy groups -OCH3 is 1. The molecule has 132 valence electrons. The standard InChI is InChI=1S/C19H16ClN3O3/c1-23-17(11-16(22-23)14-5-3-4-6-15(14)20)18(24)21-13-9-7-12(8-10-13)19(25)26-2/h3-11H,1-2H3,(H,21,24). The van der Waals surface area contributed by atoms with E-state index in [2.05, 4.69) is 15.2 Å². The van der Waals surface area contributed by atoms with E-state index in [1.807, 2.05) is 18.2 Å². The predicted octanol–water partition coefficient (Wildman–Crippen LogP) is 3.78. The lowest BCUT2D eigenvalue weighted by Gasteiger charge is -2.06. The van der Waals surface area contributed by atoms with Gasteiger partial charge in [0, 0.05) is 18.3 Å². The van der Waals surface area contributed by atoms with E-state index >= 15 is 0 Å². The van der Waals surface area contributed by atoms with Crippen LogP contribution in [0, 0.1) is 0 Å². The second-order valence-corrected chi connectivity index (χ2v) is 5.95. The van der Waals surface area contributed by atoms with E-state index in [4.69, 9.17) is 11.6 Å². The topological polar surface area (TPSA) is 73.2 Å². The summed E-state index contributed by atoms with van der Waals surface area (Å²) in [5.74, 6) is -0.747. The first-order valence-electron chi connectivity index (χ1n) is 7.78. The van der Waals surface area contributed by atoms with Crippen molar-refractivity contribution in [1.82, 2.24) is 9.78 Å². The van der Waals surface area contributed by atoms with Gasteiger partial charge < -0.3 is 10.1 Å². The van der Waals surface area contributed by atoms with Crippen molar-refractivity contribution >= 4 is 29.2 Å². The van der Waals surface area contributed by atoms with Gasteiger partial charge in [-0.1, -0.05) is 29.8 Å². The van der Waals surface area contributed by atoms with E-state index in [-0.39, 0.29) is 5.91 Å². The van der Waals surface area contributed by atoms with Crippen LogP contribution in [0.2, 0.25) is 5.02 Å². The number of nitrogens with one attached hydrogen (secondary N) is 1. The molecule has 1 aromatic heterocycles. The van der Waals surface area contributed by atoms with Crippen LogP contribution in [-0.2, 0) is 11.8 Å². The van der Waals surface area contributed by atoms with Crippen LogP contribution in [0.5, 0.6) is 0 Å². The lowest BCUT2D eigenvalue weighted by molar-refractivity contribution is 0.0600. The van der Waals surface area contributed by atoms with Crippen molar-refractivity contribution in [3.63, 3.8) is 0 Å². The van der Waals surface area contributed by atoms with Crippen LogP contribution in [0.25, 0.3) is 11.3 Å². The van der Waals surface area contributed by atoms with Crippen LogP contribution in [0.1, 0.15) is 20.8 Å². The van der Waals surface area contributed by atoms with Gasteiger partial charge in [-0.15, -0.1) is 0 Å². The first kappa shape index (κ1) is 17.7. The SMILES string of the molecule is COC(=O)c1ccc(NC(=O)c2cc(-c3ccccc3Cl)nn2C)cc1. The minimum atomic E-state index is -0.432. The highest BCUT2D eigenvalue weighted by Gasteiger charge is 2.16. The van der Waals surface area contributed by atoms with Gasteiger partial charge in [0.25, 0.3) is 5.91 Å². The van der Waals surface area contributed by atoms with Gasteiger partial charge in [-0.2, -0.15) is 5.10 Å². The molecule has 0 fully saturated rings. The van der Waals surface area contributed by atoms with Crippen molar-refractivity contribution in [2.24, 2.45) is 7.05 Å². The molecule has 3 rings (SSSR count). The Morgan fingerprint density at radius 3 is 2.46 bits per heavy atom. The molecule has 7 heteroatoms. The lowest BCUT2D eigenvalue weighted by atomic mass is 10.1. The first-order valence-corrected chi connectivity index (χ1v) is 8.16. The molecule has 6 nitrogen and oxygen atoms in total. The second-order valence-electron chi connectivity index (χ2n) is 5.54. The molecule has 0 spiro atoms. The molecule has 1 amide bonds. The molecule has 0 aliphatic heterocycles. The van der Waals surface area contributed by atoms with E-state index in [0.29, 0.717) is 27.7 Å². The molecule has 0 saturated carbocycles. The van der Waals surface area contributed by atoms with E-state index in [1.165, 1.54) is 11.8 Å². The van der Waals surface area contributed by atoms with Gasteiger partial charge in [-0.3, -0.25) is 9.48 Å². The van der Waals surface area contributed by atoms with Crippen LogP contribution in [-0.4, -0.2) is 28.8 Å². The number of aromatic nitrogens is 2. The fourth-order valence-electron chi connectivity index (χ4n) is 2.48. The van der Waals surface area contributed by atoms with Crippen molar-refractivity contribution in [2.45, 2.75) is 0 Å². The van der Waals surface area contributed by atoms with Crippen molar-refractivity contribution in [2.75, 3.05) is 12.4 Å². The average Bonchev–Trinajstić information content (AvgIpc) is 3.03. The number of rotatable bonds is 4. The first-order chi connectivity index (χ1) is 12.5. The summed E-state index contributed by atoms with van der Waals surface area (Å²) in [6.07, 6.45) is 0.